The Balaban J connectivity index is 2.41. The highest BCUT2D eigenvalue weighted by Gasteiger charge is 2.57. The molecule has 58 heavy (non-hydrogen) atoms. The van der Waals surface area contributed by atoms with Crippen molar-refractivity contribution in [3.05, 3.63) is 47.3 Å². The van der Waals surface area contributed by atoms with Crippen molar-refractivity contribution in [1.29, 1.82) is 0 Å². The Morgan fingerprint density at radius 1 is 0.862 bits per heavy atom. The SMILES string of the molecule is CCC(C(=O)C1(C(CC(=O)O)O[Si](C)(C)C(C)(C)C)CCC1)C(O[Si](C)(C)C(C)(C)C)C(C)CCC/C(C)=C/CC(O[Si](C)(C)C(C)(C)C)/C(C)=C/c1ccccn1. The monoisotopic (exact) mass is 858 g/mol. The molecular weight excluding hydrogens is 771 g/mol. The highest BCUT2D eigenvalue weighted by atomic mass is 28.4. The summed E-state index contributed by atoms with van der Waals surface area (Å²) >= 11 is 0. The van der Waals surface area contributed by atoms with Gasteiger partial charge in [-0.2, -0.15) is 0 Å². The first kappa shape index (κ1) is 52.4. The van der Waals surface area contributed by atoms with Crippen LogP contribution in [0.5, 0.6) is 0 Å². The summed E-state index contributed by atoms with van der Waals surface area (Å²) in [6.07, 6.45) is 11.9. The van der Waals surface area contributed by atoms with E-state index in [0.717, 1.165) is 37.8 Å². The molecule has 1 saturated carbocycles. The van der Waals surface area contributed by atoms with Gasteiger partial charge in [0.05, 0.1) is 35.8 Å². The number of carbonyl (C=O) groups excluding carboxylic acids is 1. The zero-order chi connectivity index (χ0) is 44.7. The third-order valence-electron chi connectivity index (χ3n) is 14.7. The molecule has 332 valence electrons. The first-order valence-electron chi connectivity index (χ1n) is 22.4. The number of pyridine rings is 1. The highest BCUT2D eigenvalue weighted by Crippen LogP contribution is 2.53. The van der Waals surface area contributed by atoms with Crippen molar-refractivity contribution in [2.24, 2.45) is 17.3 Å². The second-order valence-corrected chi connectivity index (χ2v) is 36.6. The third-order valence-corrected chi connectivity index (χ3v) is 28.1. The largest absolute Gasteiger partial charge is 0.481 e. The minimum absolute atomic E-state index is 0.0246. The molecule has 0 saturated heterocycles. The summed E-state index contributed by atoms with van der Waals surface area (Å²) in [6, 6.07) is 6.00. The van der Waals surface area contributed by atoms with Crippen molar-refractivity contribution in [2.45, 2.75) is 221 Å². The Bertz CT molecular complexity index is 1540. The summed E-state index contributed by atoms with van der Waals surface area (Å²) in [6.45, 7) is 42.5. The molecule has 0 aliphatic heterocycles. The summed E-state index contributed by atoms with van der Waals surface area (Å²) in [5.41, 5.74) is 2.68. The summed E-state index contributed by atoms with van der Waals surface area (Å²) in [7, 11) is -6.70. The van der Waals surface area contributed by atoms with Gasteiger partial charge in [0.15, 0.2) is 25.0 Å². The van der Waals surface area contributed by atoms with Gasteiger partial charge < -0.3 is 18.4 Å². The maximum absolute atomic E-state index is 15.2. The molecule has 1 fully saturated rings. The van der Waals surface area contributed by atoms with Crippen molar-refractivity contribution in [1.82, 2.24) is 4.98 Å². The number of carbonyl (C=O) groups is 2. The number of carboxylic acids is 1. The minimum atomic E-state index is -2.37. The van der Waals surface area contributed by atoms with E-state index >= 15 is 4.79 Å². The Morgan fingerprint density at radius 2 is 1.40 bits per heavy atom. The van der Waals surface area contributed by atoms with Crippen molar-refractivity contribution >= 4 is 42.8 Å². The van der Waals surface area contributed by atoms with Crippen LogP contribution in [0, 0.1) is 17.3 Å². The van der Waals surface area contributed by atoms with Crippen molar-refractivity contribution in [3.8, 4) is 0 Å². The van der Waals surface area contributed by atoms with Crippen LogP contribution in [0.3, 0.4) is 0 Å². The van der Waals surface area contributed by atoms with Crippen LogP contribution in [-0.4, -0.2) is 65.1 Å². The number of allylic oxidation sites excluding steroid dienone is 1. The molecule has 10 heteroatoms. The molecule has 0 radical (unpaired) electrons. The fraction of sp³-hybridized carbons (Fsp3) is 0.771. The molecule has 2 rings (SSSR count). The van der Waals surface area contributed by atoms with Crippen molar-refractivity contribution in [3.63, 3.8) is 0 Å². The molecule has 0 aromatic carbocycles. The number of rotatable bonds is 22. The van der Waals surface area contributed by atoms with Crippen molar-refractivity contribution < 1.29 is 28.0 Å². The van der Waals surface area contributed by atoms with Gasteiger partial charge in [0, 0.05) is 12.1 Å². The van der Waals surface area contributed by atoms with E-state index in [0.29, 0.717) is 19.3 Å². The Labute approximate surface area is 359 Å². The molecule has 1 N–H and O–H groups in total. The third kappa shape index (κ3) is 13.9. The maximum Gasteiger partial charge on any atom is 0.305 e. The summed E-state index contributed by atoms with van der Waals surface area (Å²) < 4.78 is 21.3. The molecule has 1 aromatic rings. The van der Waals surface area contributed by atoms with Crippen LogP contribution in [0.15, 0.2) is 41.6 Å². The molecule has 1 aromatic heterocycles. The number of nitrogens with zero attached hydrogens (tertiary/aromatic N) is 1. The van der Waals surface area contributed by atoms with Gasteiger partial charge in [-0.3, -0.25) is 14.6 Å². The van der Waals surface area contributed by atoms with Crippen LogP contribution >= 0.6 is 0 Å². The molecule has 1 aliphatic rings. The van der Waals surface area contributed by atoms with Gasteiger partial charge in [0.25, 0.3) is 0 Å². The molecule has 1 heterocycles. The molecule has 5 atom stereocenters. The number of ketones is 1. The van der Waals surface area contributed by atoms with Crippen LogP contribution in [0.4, 0.5) is 0 Å². The molecular formula is C48H87NO6Si3. The molecule has 0 bridgehead atoms. The van der Waals surface area contributed by atoms with Gasteiger partial charge in [0.1, 0.15) is 5.78 Å². The first-order chi connectivity index (χ1) is 26.3. The van der Waals surface area contributed by atoms with E-state index in [4.69, 9.17) is 13.3 Å². The van der Waals surface area contributed by atoms with Crippen LogP contribution in [-0.2, 0) is 22.9 Å². The lowest BCUT2D eigenvalue weighted by Crippen LogP contribution is -2.59. The maximum atomic E-state index is 15.2. The predicted octanol–water partition coefficient (Wildman–Crippen LogP) is 14.0. The lowest BCUT2D eigenvalue weighted by atomic mass is 9.58. The molecule has 1 aliphatic carbocycles. The zero-order valence-electron chi connectivity index (χ0n) is 40.7. The van der Waals surface area contributed by atoms with Gasteiger partial charge in [-0.1, -0.05) is 100 Å². The van der Waals surface area contributed by atoms with E-state index in [-0.39, 0.29) is 51.4 Å². The second kappa shape index (κ2) is 20.4. The average Bonchev–Trinajstić information content (AvgIpc) is 3.04. The van der Waals surface area contributed by atoms with E-state index in [1.165, 1.54) is 11.1 Å². The predicted molar refractivity (Wildman–Crippen MR) is 253 cm³/mol. The number of hydrogen-bond donors (Lipinski definition) is 1. The van der Waals surface area contributed by atoms with E-state index < -0.39 is 42.4 Å². The van der Waals surface area contributed by atoms with Gasteiger partial charge in [0.2, 0.25) is 0 Å². The standard InChI is InChI=1S/C48H87NO6Si3/c1-20-39(44(52)48(30-24-31-48)41(34-42(50)51)54-57(16,17)46(8,9)10)43(55-58(18,19)47(11,12)13)36(3)26-23-25-35(2)28-29-40(53-56(14,15)45(5,6)7)37(4)33-38-27-21-22-32-49-38/h21-22,27-28,32-33,36,39-41,43H,20,23-26,29-31,34H2,1-19H3,(H,50,51)/b35-28+,37-33+. The Kier molecular flexibility index (Phi) is 18.5. The number of Topliss-reactive ketones (excluding diaryl/α,β-unsaturated/α-hetero) is 1. The normalized spacial score (nSPS) is 18.9. The van der Waals surface area contributed by atoms with Crippen LogP contribution in [0.1, 0.15) is 153 Å². The summed E-state index contributed by atoms with van der Waals surface area (Å²) in [5, 5.41) is 10.1. The van der Waals surface area contributed by atoms with Crippen LogP contribution in [0.25, 0.3) is 6.08 Å². The zero-order valence-corrected chi connectivity index (χ0v) is 43.7. The summed E-state index contributed by atoms with van der Waals surface area (Å²) in [4.78, 5) is 32.2. The first-order valence-corrected chi connectivity index (χ1v) is 31.1. The topological polar surface area (TPSA) is 95.0 Å². The Morgan fingerprint density at radius 3 is 1.84 bits per heavy atom. The highest BCUT2D eigenvalue weighted by molar-refractivity contribution is 6.75. The number of aromatic nitrogens is 1. The quantitative estimate of drug-likeness (QED) is 0.0916. The fourth-order valence-corrected chi connectivity index (χ4v) is 11.4. The Hall–Kier alpha value is -1.70. The van der Waals surface area contributed by atoms with E-state index in [1.54, 1.807) is 0 Å². The van der Waals surface area contributed by atoms with E-state index in [1.807, 2.05) is 24.4 Å². The molecule has 5 unspecified atom stereocenters. The van der Waals surface area contributed by atoms with Crippen molar-refractivity contribution in [2.75, 3.05) is 0 Å². The number of hydrogen-bond acceptors (Lipinski definition) is 6. The lowest BCUT2D eigenvalue weighted by molar-refractivity contribution is -0.156. The van der Waals surface area contributed by atoms with E-state index in [2.05, 4.69) is 146 Å². The van der Waals surface area contributed by atoms with Gasteiger partial charge in [-0.25, -0.2) is 0 Å². The lowest BCUT2D eigenvalue weighted by Gasteiger charge is -2.52. The fourth-order valence-electron chi connectivity index (χ4n) is 7.30. The number of carboxylic acid groups (broad SMARTS) is 1. The summed E-state index contributed by atoms with van der Waals surface area (Å²) in [5.74, 6) is -0.924. The molecule has 7 nitrogen and oxygen atoms in total. The van der Waals surface area contributed by atoms with Gasteiger partial charge >= 0.3 is 5.97 Å². The van der Waals surface area contributed by atoms with Crippen LogP contribution < -0.4 is 0 Å². The smallest absolute Gasteiger partial charge is 0.305 e. The minimum Gasteiger partial charge on any atom is -0.481 e. The van der Waals surface area contributed by atoms with Gasteiger partial charge in [-0.15, -0.1) is 0 Å². The molecule has 0 spiro atoms. The average molecular weight is 858 g/mol. The molecule has 0 amide bonds. The number of aliphatic carboxylic acids is 1. The van der Waals surface area contributed by atoms with Crippen LogP contribution in [0.2, 0.25) is 54.4 Å². The second-order valence-electron chi connectivity index (χ2n) is 22.4. The van der Waals surface area contributed by atoms with E-state index in [9.17, 15) is 9.90 Å². The van der Waals surface area contributed by atoms with Gasteiger partial charge in [-0.05, 0) is 143 Å².